The highest BCUT2D eigenvalue weighted by Gasteiger charge is 2.28. The number of hydrogen-bond acceptors (Lipinski definition) is 5. The molecule has 1 aliphatic carbocycles. The SMILES string of the molecule is Nc1ccc2c(c1)CCC(N(Cc1cc3c(cn1)OCCO3)C(=O)O)C2. The first-order valence-electron chi connectivity index (χ1n) is 8.71. The number of pyridine rings is 1. The number of carbonyl (C=O) groups is 1. The summed E-state index contributed by atoms with van der Waals surface area (Å²) in [7, 11) is 0. The molecule has 2 aliphatic rings. The van der Waals surface area contributed by atoms with Gasteiger partial charge in [0.25, 0.3) is 0 Å². The molecule has 0 saturated heterocycles. The molecule has 0 saturated carbocycles. The van der Waals surface area contributed by atoms with Crippen LogP contribution in [0.4, 0.5) is 10.5 Å². The van der Waals surface area contributed by atoms with Crippen molar-refractivity contribution in [2.75, 3.05) is 18.9 Å². The van der Waals surface area contributed by atoms with Gasteiger partial charge in [-0.05, 0) is 42.5 Å². The fraction of sp³-hybridized carbons (Fsp3) is 0.368. The van der Waals surface area contributed by atoms with Crippen LogP contribution in [0.2, 0.25) is 0 Å². The zero-order chi connectivity index (χ0) is 18.1. The number of aromatic nitrogens is 1. The number of nitrogens with zero attached hydrogens (tertiary/aromatic N) is 2. The first-order chi connectivity index (χ1) is 12.6. The second kappa shape index (κ2) is 6.74. The van der Waals surface area contributed by atoms with Crippen LogP contribution in [-0.4, -0.2) is 40.3 Å². The van der Waals surface area contributed by atoms with Crippen LogP contribution in [0.5, 0.6) is 11.5 Å². The molecule has 3 N–H and O–H groups in total. The number of anilines is 1. The van der Waals surface area contributed by atoms with Crippen LogP contribution in [-0.2, 0) is 19.4 Å². The number of fused-ring (bicyclic) bond motifs is 2. The van der Waals surface area contributed by atoms with E-state index in [4.69, 9.17) is 15.2 Å². The predicted octanol–water partition coefficient (Wildman–Crippen LogP) is 2.47. The van der Waals surface area contributed by atoms with E-state index < -0.39 is 6.09 Å². The van der Waals surface area contributed by atoms with Crippen molar-refractivity contribution in [1.29, 1.82) is 0 Å². The number of benzene rings is 1. The summed E-state index contributed by atoms with van der Waals surface area (Å²) in [6, 6.07) is 7.54. The molecule has 1 aliphatic heterocycles. The van der Waals surface area contributed by atoms with Crippen molar-refractivity contribution in [3.8, 4) is 11.5 Å². The number of nitrogen functional groups attached to an aromatic ring is 1. The Morgan fingerprint density at radius 2 is 2.04 bits per heavy atom. The number of carboxylic acid groups (broad SMARTS) is 1. The second-order valence-electron chi connectivity index (χ2n) is 6.65. The Bertz CT molecular complexity index is 840. The first-order valence-corrected chi connectivity index (χ1v) is 8.71. The number of amides is 1. The maximum Gasteiger partial charge on any atom is 0.407 e. The lowest BCUT2D eigenvalue weighted by Gasteiger charge is -2.33. The summed E-state index contributed by atoms with van der Waals surface area (Å²) >= 11 is 0. The highest BCUT2D eigenvalue weighted by molar-refractivity contribution is 5.65. The van der Waals surface area contributed by atoms with Crippen LogP contribution in [0.15, 0.2) is 30.5 Å². The van der Waals surface area contributed by atoms with E-state index in [1.54, 1.807) is 12.3 Å². The van der Waals surface area contributed by atoms with Gasteiger partial charge in [-0.15, -0.1) is 0 Å². The molecule has 2 aromatic rings. The third-order valence-corrected chi connectivity index (χ3v) is 4.94. The van der Waals surface area contributed by atoms with Gasteiger partial charge in [0.2, 0.25) is 0 Å². The Kier molecular flexibility index (Phi) is 4.28. The van der Waals surface area contributed by atoms with Gasteiger partial charge in [-0.25, -0.2) is 4.79 Å². The number of rotatable bonds is 3. The molecular formula is C19H21N3O4. The summed E-state index contributed by atoms with van der Waals surface area (Å²) in [5.74, 6) is 1.22. The van der Waals surface area contributed by atoms with Crippen LogP contribution >= 0.6 is 0 Å². The van der Waals surface area contributed by atoms with Crippen molar-refractivity contribution >= 4 is 11.8 Å². The Morgan fingerprint density at radius 3 is 2.85 bits per heavy atom. The maximum absolute atomic E-state index is 11.9. The molecule has 0 radical (unpaired) electrons. The zero-order valence-corrected chi connectivity index (χ0v) is 14.4. The van der Waals surface area contributed by atoms with Gasteiger partial charge in [-0.1, -0.05) is 6.07 Å². The largest absolute Gasteiger partial charge is 0.486 e. The first kappa shape index (κ1) is 16.5. The van der Waals surface area contributed by atoms with Gasteiger partial charge < -0.3 is 20.3 Å². The van der Waals surface area contributed by atoms with Gasteiger partial charge in [0.15, 0.2) is 11.5 Å². The molecule has 7 nitrogen and oxygen atoms in total. The summed E-state index contributed by atoms with van der Waals surface area (Å²) < 4.78 is 11.0. The topological polar surface area (TPSA) is 97.9 Å². The normalized spacial score (nSPS) is 18.1. The molecule has 4 rings (SSSR count). The van der Waals surface area contributed by atoms with Gasteiger partial charge in [0.05, 0.1) is 18.4 Å². The molecule has 1 aromatic carbocycles. The monoisotopic (exact) mass is 355 g/mol. The maximum atomic E-state index is 11.9. The highest BCUT2D eigenvalue weighted by atomic mass is 16.6. The Labute approximate surface area is 151 Å². The van der Waals surface area contributed by atoms with E-state index in [1.807, 2.05) is 18.2 Å². The minimum Gasteiger partial charge on any atom is -0.486 e. The molecule has 0 fully saturated rings. The van der Waals surface area contributed by atoms with Crippen molar-refractivity contribution in [2.24, 2.45) is 0 Å². The Morgan fingerprint density at radius 1 is 1.23 bits per heavy atom. The van der Waals surface area contributed by atoms with Crippen molar-refractivity contribution in [3.05, 3.63) is 47.3 Å². The average molecular weight is 355 g/mol. The van der Waals surface area contributed by atoms with E-state index in [-0.39, 0.29) is 12.6 Å². The molecule has 1 unspecified atom stereocenters. The lowest BCUT2D eigenvalue weighted by Crippen LogP contribution is -2.42. The van der Waals surface area contributed by atoms with E-state index >= 15 is 0 Å². The molecule has 2 heterocycles. The molecule has 1 atom stereocenters. The smallest absolute Gasteiger partial charge is 0.407 e. The van der Waals surface area contributed by atoms with Crippen LogP contribution < -0.4 is 15.2 Å². The van der Waals surface area contributed by atoms with Gasteiger partial charge in [0, 0.05) is 17.8 Å². The van der Waals surface area contributed by atoms with E-state index in [1.165, 1.54) is 10.5 Å². The van der Waals surface area contributed by atoms with Gasteiger partial charge in [-0.2, -0.15) is 0 Å². The lowest BCUT2D eigenvalue weighted by atomic mass is 9.87. The number of nitrogens with two attached hydrogens (primary N) is 1. The van der Waals surface area contributed by atoms with Crippen LogP contribution in [0.1, 0.15) is 23.2 Å². The number of ether oxygens (including phenoxy) is 2. The minimum atomic E-state index is -0.939. The van der Waals surface area contributed by atoms with Crippen molar-refractivity contribution in [3.63, 3.8) is 0 Å². The molecule has 0 spiro atoms. The van der Waals surface area contributed by atoms with Gasteiger partial charge in [-0.3, -0.25) is 9.88 Å². The molecule has 1 aromatic heterocycles. The van der Waals surface area contributed by atoms with Crippen LogP contribution in [0, 0.1) is 0 Å². The summed E-state index contributed by atoms with van der Waals surface area (Å²) in [5, 5.41) is 9.74. The van der Waals surface area contributed by atoms with Crippen molar-refractivity contribution in [2.45, 2.75) is 31.8 Å². The van der Waals surface area contributed by atoms with Crippen LogP contribution in [0.3, 0.4) is 0 Å². The standard InChI is InChI=1S/C19H21N3O4/c20-14-3-1-13-8-16(4-2-12(13)7-14)22(19(23)24)11-15-9-17-18(10-21-15)26-6-5-25-17/h1,3,7,9-10,16H,2,4-6,8,11,20H2,(H,23,24). The Hall–Kier alpha value is -2.96. The fourth-order valence-corrected chi connectivity index (χ4v) is 3.63. The highest BCUT2D eigenvalue weighted by Crippen LogP contribution is 2.31. The average Bonchev–Trinajstić information content (AvgIpc) is 2.65. The summed E-state index contributed by atoms with van der Waals surface area (Å²) in [5.41, 5.74) is 9.62. The van der Waals surface area contributed by atoms with Gasteiger partial charge >= 0.3 is 6.09 Å². The molecule has 0 bridgehead atoms. The van der Waals surface area contributed by atoms with E-state index in [2.05, 4.69) is 4.98 Å². The lowest BCUT2D eigenvalue weighted by molar-refractivity contribution is 0.114. The third kappa shape index (κ3) is 3.24. The molecular weight excluding hydrogens is 334 g/mol. The van der Waals surface area contributed by atoms with E-state index in [0.29, 0.717) is 36.8 Å². The predicted molar refractivity (Wildman–Crippen MR) is 95.5 cm³/mol. The summed E-state index contributed by atoms with van der Waals surface area (Å²) in [6.45, 7) is 1.21. The molecule has 26 heavy (non-hydrogen) atoms. The number of aryl methyl sites for hydroxylation is 1. The van der Waals surface area contributed by atoms with E-state index in [0.717, 1.165) is 24.1 Å². The summed E-state index contributed by atoms with van der Waals surface area (Å²) in [4.78, 5) is 17.7. The quantitative estimate of drug-likeness (QED) is 0.821. The van der Waals surface area contributed by atoms with Crippen molar-refractivity contribution < 1.29 is 19.4 Å². The van der Waals surface area contributed by atoms with Crippen molar-refractivity contribution in [1.82, 2.24) is 9.88 Å². The Balaban J connectivity index is 1.53. The van der Waals surface area contributed by atoms with Crippen LogP contribution in [0.25, 0.3) is 0 Å². The molecule has 1 amide bonds. The minimum absolute atomic E-state index is 0.0846. The fourth-order valence-electron chi connectivity index (χ4n) is 3.63. The third-order valence-electron chi connectivity index (χ3n) is 4.94. The molecule has 136 valence electrons. The van der Waals surface area contributed by atoms with Gasteiger partial charge in [0.1, 0.15) is 13.2 Å². The second-order valence-corrected chi connectivity index (χ2v) is 6.65. The van der Waals surface area contributed by atoms with E-state index in [9.17, 15) is 9.90 Å². The molecule has 7 heteroatoms. The summed E-state index contributed by atoms with van der Waals surface area (Å²) in [6.07, 6.45) is 2.94. The number of hydrogen-bond donors (Lipinski definition) is 2. The zero-order valence-electron chi connectivity index (χ0n) is 14.4.